The van der Waals surface area contributed by atoms with Gasteiger partial charge >= 0.3 is 5.97 Å². The summed E-state index contributed by atoms with van der Waals surface area (Å²) in [5.74, 6) is 0.688. The van der Waals surface area contributed by atoms with Crippen LogP contribution in [0.4, 0.5) is 0 Å². The molecular weight excluding hydrogens is 424 g/mol. The van der Waals surface area contributed by atoms with Crippen LogP contribution in [0.1, 0.15) is 21.5 Å². The topological polar surface area (TPSA) is 95.5 Å². The number of hydrogen-bond acceptors (Lipinski definition) is 7. The first-order valence-electron chi connectivity index (χ1n) is 10.0. The van der Waals surface area contributed by atoms with E-state index in [2.05, 4.69) is 10.5 Å². The number of ether oxygens (including phenoxy) is 4. The van der Waals surface area contributed by atoms with Gasteiger partial charge in [0.15, 0.2) is 29.6 Å². The number of esters is 1. The van der Waals surface area contributed by atoms with Gasteiger partial charge in [0, 0.05) is 0 Å². The molecule has 0 fully saturated rings. The number of para-hydroxylation sites is 2. The highest BCUT2D eigenvalue weighted by molar-refractivity contribution is 5.91. The lowest BCUT2D eigenvalue weighted by Crippen LogP contribution is -2.24. The van der Waals surface area contributed by atoms with E-state index in [0.717, 1.165) is 5.56 Å². The van der Waals surface area contributed by atoms with Crippen LogP contribution in [0.15, 0.2) is 71.8 Å². The molecule has 33 heavy (non-hydrogen) atoms. The van der Waals surface area contributed by atoms with E-state index in [9.17, 15) is 9.59 Å². The minimum atomic E-state index is -0.489. The van der Waals surface area contributed by atoms with Gasteiger partial charge in [-0.25, -0.2) is 10.2 Å². The van der Waals surface area contributed by atoms with E-state index in [1.165, 1.54) is 20.4 Å². The molecule has 3 aromatic carbocycles. The van der Waals surface area contributed by atoms with Crippen molar-refractivity contribution >= 4 is 18.1 Å². The number of amides is 1. The van der Waals surface area contributed by atoms with Crippen molar-refractivity contribution < 1.29 is 28.5 Å². The number of benzene rings is 3. The van der Waals surface area contributed by atoms with Crippen LogP contribution in [0.2, 0.25) is 0 Å². The molecule has 0 heterocycles. The summed E-state index contributed by atoms with van der Waals surface area (Å²) in [7, 11) is 2.99. The number of carbonyl (C=O) groups is 2. The minimum Gasteiger partial charge on any atom is -0.493 e. The molecule has 0 saturated heterocycles. The maximum Gasteiger partial charge on any atom is 0.343 e. The van der Waals surface area contributed by atoms with Crippen molar-refractivity contribution in [1.82, 2.24) is 5.43 Å². The number of nitrogens with zero attached hydrogens (tertiary/aromatic N) is 1. The van der Waals surface area contributed by atoms with Gasteiger partial charge in [0.2, 0.25) is 0 Å². The Labute approximate surface area is 191 Å². The zero-order valence-electron chi connectivity index (χ0n) is 18.5. The number of aryl methyl sites for hydroxylation is 1. The van der Waals surface area contributed by atoms with Gasteiger partial charge in [0.05, 0.1) is 26.0 Å². The Morgan fingerprint density at radius 1 is 0.879 bits per heavy atom. The van der Waals surface area contributed by atoms with Gasteiger partial charge in [-0.05, 0) is 55.0 Å². The van der Waals surface area contributed by atoms with E-state index in [1.54, 1.807) is 54.6 Å². The van der Waals surface area contributed by atoms with Crippen LogP contribution in [0, 0.1) is 6.92 Å². The van der Waals surface area contributed by atoms with Crippen LogP contribution >= 0.6 is 0 Å². The minimum absolute atomic E-state index is 0.227. The maximum absolute atomic E-state index is 12.4. The summed E-state index contributed by atoms with van der Waals surface area (Å²) in [6, 6.07) is 19.0. The summed E-state index contributed by atoms with van der Waals surface area (Å²) in [6.45, 7) is 1.71. The van der Waals surface area contributed by atoms with E-state index in [4.69, 9.17) is 18.9 Å². The summed E-state index contributed by atoms with van der Waals surface area (Å²) in [5.41, 5.74) is 4.50. The molecule has 0 saturated carbocycles. The summed E-state index contributed by atoms with van der Waals surface area (Å²) in [4.78, 5) is 24.3. The van der Waals surface area contributed by atoms with Gasteiger partial charge in [-0.3, -0.25) is 4.79 Å². The molecule has 3 rings (SSSR count). The molecule has 0 atom stereocenters. The van der Waals surface area contributed by atoms with E-state index in [-0.39, 0.29) is 12.4 Å². The highest BCUT2D eigenvalue weighted by Gasteiger charge is 2.13. The van der Waals surface area contributed by atoms with Crippen molar-refractivity contribution in [3.63, 3.8) is 0 Å². The molecule has 8 nitrogen and oxygen atoms in total. The highest BCUT2D eigenvalue weighted by atomic mass is 16.6. The van der Waals surface area contributed by atoms with Gasteiger partial charge in [-0.15, -0.1) is 0 Å². The zero-order valence-corrected chi connectivity index (χ0v) is 18.5. The van der Waals surface area contributed by atoms with Crippen molar-refractivity contribution in [2.75, 3.05) is 20.8 Å². The van der Waals surface area contributed by atoms with Gasteiger partial charge in [-0.1, -0.05) is 29.8 Å². The Kier molecular flexibility index (Phi) is 8.02. The first-order valence-corrected chi connectivity index (χ1v) is 10.0. The monoisotopic (exact) mass is 448 g/mol. The Morgan fingerprint density at radius 2 is 1.58 bits per heavy atom. The fraction of sp³-hybridized carbons (Fsp3) is 0.160. The number of carbonyl (C=O) groups excluding carboxylic acids is 2. The number of hydrazone groups is 1. The third-order valence-corrected chi connectivity index (χ3v) is 4.51. The lowest BCUT2D eigenvalue weighted by molar-refractivity contribution is -0.123. The molecule has 0 aliphatic rings. The summed E-state index contributed by atoms with van der Waals surface area (Å²) in [6.07, 6.45) is 1.44. The van der Waals surface area contributed by atoms with Crippen LogP contribution in [0.5, 0.6) is 23.0 Å². The van der Waals surface area contributed by atoms with Gasteiger partial charge in [0.25, 0.3) is 5.91 Å². The van der Waals surface area contributed by atoms with Crippen LogP contribution in [0.25, 0.3) is 0 Å². The van der Waals surface area contributed by atoms with Crippen molar-refractivity contribution in [3.8, 4) is 23.0 Å². The first-order chi connectivity index (χ1) is 16.0. The Bertz CT molecular complexity index is 1140. The number of rotatable bonds is 9. The third kappa shape index (κ3) is 6.57. The van der Waals surface area contributed by atoms with E-state index in [1.807, 2.05) is 19.1 Å². The number of hydrogen-bond donors (Lipinski definition) is 1. The summed E-state index contributed by atoms with van der Waals surface area (Å²) >= 11 is 0. The second-order valence-electron chi connectivity index (χ2n) is 6.90. The standard InChI is InChI=1S/C25H24N2O6/c1-17-8-11-19(12-9-17)25(29)33-22-13-10-18(14-23(22)31-3)15-26-27-24(28)16-32-21-7-5-4-6-20(21)30-2/h4-15H,16H2,1-3H3,(H,27,28)/b26-15-. The predicted molar refractivity (Wildman–Crippen MR) is 123 cm³/mol. The molecular formula is C25H24N2O6. The van der Waals surface area contributed by atoms with Crippen LogP contribution in [-0.2, 0) is 4.79 Å². The average Bonchev–Trinajstić information content (AvgIpc) is 2.84. The van der Waals surface area contributed by atoms with Crippen LogP contribution in [-0.4, -0.2) is 38.9 Å². The Morgan fingerprint density at radius 3 is 2.27 bits per heavy atom. The zero-order chi connectivity index (χ0) is 23.6. The molecule has 0 unspecified atom stereocenters. The molecule has 0 spiro atoms. The second kappa shape index (κ2) is 11.3. The lowest BCUT2D eigenvalue weighted by atomic mass is 10.1. The van der Waals surface area contributed by atoms with Crippen molar-refractivity contribution in [2.45, 2.75) is 6.92 Å². The number of nitrogens with one attached hydrogen (secondary N) is 1. The molecule has 0 aromatic heterocycles. The normalized spacial score (nSPS) is 10.5. The Balaban J connectivity index is 1.56. The van der Waals surface area contributed by atoms with Gasteiger partial charge in [-0.2, -0.15) is 5.10 Å². The summed E-state index contributed by atoms with van der Waals surface area (Å²) in [5, 5.41) is 3.92. The molecule has 0 aliphatic heterocycles. The molecule has 0 radical (unpaired) electrons. The molecule has 3 aromatic rings. The van der Waals surface area contributed by atoms with E-state index < -0.39 is 11.9 Å². The molecule has 0 aliphatic carbocycles. The molecule has 1 N–H and O–H groups in total. The first kappa shape index (κ1) is 23.3. The lowest BCUT2D eigenvalue weighted by Gasteiger charge is -2.10. The SMILES string of the molecule is COc1ccccc1OCC(=O)N/N=C\c1ccc(OC(=O)c2ccc(C)cc2)c(OC)c1. The maximum atomic E-state index is 12.4. The average molecular weight is 448 g/mol. The largest absolute Gasteiger partial charge is 0.493 e. The fourth-order valence-electron chi connectivity index (χ4n) is 2.79. The van der Waals surface area contributed by atoms with Crippen molar-refractivity contribution in [3.05, 3.63) is 83.4 Å². The molecule has 170 valence electrons. The smallest absolute Gasteiger partial charge is 0.343 e. The Hall–Kier alpha value is -4.33. The van der Waals surface area contributed by atoms with Crippen molar-refractivity contribution in [2.24, 2.45) is 5.10 Å². The highest BCUT2D eigenvalue weighted by Crippen LogP contribution is 2.28. The third-order valence-electron chi connectivity index (χ3n) is 4.51. The van der Waals surface area contributed by atoms with E-state index >= 15 is 0 Å². The second-order valence-corrected chi connectivity index (χ2v) is 6.90. The van der Waals surface area contributed by atoms with Crippen LogP contribution in [0.3, 0.4) is 0 Å². The number of methoxy groups -OCH3 is 2. The van der Waals surface area contributed by atoms with Crippen molar-refractivity contribution in [1.29, 1.82) is 0 Å². The fourth-order valence-corrected chi connectivity index (χ4v) is 2.79. The summed E-state index contributed by atoms with van der Waals surface area (Å²) < 4.78 is 21.4. The van der Waals surface area contributed by atoms with Crippen LogP contribution < -0.4 is 24.4 Å². The van der Waals surface area contributed by atoms with Gasteiger partial charge < -0.3 is 18.9 Å². The predicted octanol–water partition coefficient (Wildman–Crippen LogP) is 3.76. The molecule has 0 bridgehead atoms. The quantitative estimate of drug-likeness (QED) is 0.232. The molecule has 8 heteroatoms. The van der Waals surface area contributed by atoms with E-state index in [0.29, 0.717) is 28.4 Å². The van der Waals surface area contributed by atoms with Gasteiger partial charge in [0.1, 0.15) is 0 Å². The molecule has 1 amide bonds.